The summed E-state index contributed by atoms with van der Waals surface area (Å²) in [4.78, 5) is 16.6. The molecule has 0 fully saturated rings. The van der Waals surface area contributed by atoms with Crippen LogP contribution < -0.4 is 10.2 Å². The Bertz CT molecular complexity index is 568. The summed E-state index contributed by atoms with van der Waals surface area (Å²) >= 11 is 0. The molecule has 2 rings (SSSR count). The summed E-state index contributed by atoms with van der Waals surface area (Å²) in [5.74, 6) is 0.989. The summed E-state index contributed by atoms with van der Waals surface area (Å²) in [6.45, 7) is 0.563. The topological polar surface area (TPSA) is 84.4 Å². The zero-order chi connectivity index (χ0) is 13.8. The number of hydrogen-bond acceptors (Lipinski definition) is 6. The molecule has 0 bridgehead atoms. The summed E-state index contributed by atoms with van der Waals surface area (Å²) in [7, 11) is 3.49. The minimum Gasteiger partial charge on any atom is -0.472 e. The van der Waals surface area contributed by atoms with Crippen molar-refractivity contribution in [1.82, 2.24) is 4.98 Å². The van der Waals surface area contributed by atoms with Gasteiger partial charge in [-0.15, -0.1) is 0 Å². The second-order valence-electron chi connectivity index (χ2n) is 4.06. The predicted octanol–water partition coefficient (Wildman–Crippen LogP) is 2.26. The standard InChI is InChI=1S/C12H14N4O3/c1-13-11-5-10(16(17)18)6-12(14-11)15(2)7-9-3-4-19-8-9/h3-6,8H,7H2,1-2H3,(H,13,14). The SMILES string of the molecule is CNc1cc([N+](=O)[O-])cc(N(C)Cc2ccoc2)n1. The summed E-state index contributed by atoms with van der Waals surface area (Å²) < 4.78 is 4.99. The largest absolute Gasteiger partial charge is 0.472 e. The molecule has 0 unspecified atom stereocenters. The maximum absolute atomic E-state index is 10.9. The molecule has 0 saturated heterocycles. The summed E-state index contributed by atoms with van der Waals surface area (Å²) in [6.07, 6.45) is 3.22. The molecule has 0 spiro atoms. The minimum absolute atomic E-state index is 0.00777. The third-order valence-electron chi connectivity index (χ3n) is 2.65. The molecule has 2 heterocycles. The van der Waals surface area contributed by atoms with Crippen LogP contribution in [0.4, 0.5) is 17.3 Å². The van der Waals surface area contributed by atoms with E-state index in [9.17, 15) is 10.1 Å². The lowest BCUT2D eigenvalue weighted by Crippen LogP contribution is -2.18. The van der Waals surface area contributed by atoms with Crippen molar-refractivity contribution in [2.45, 2.75) is 6.54 Å². The predicted molar refractivity (Wildman–Crippen MR) is 71.3 cm³/mol. The Balaban J connectivity index is 2.27. The van der Waals surface area contributed by atoms with Gasteiger partial charge in [-0.25, -0.2) is 4.98 Å². The Kier molecular flexibility index (Phi) is 3.65. The van der Waals surface area contributed by atoms with Crippen molar-refractivity contribution in [3.8, 4) is 0 Å². The van der Waals surface area contributed by atoms with E-state index < -0.39 is 4.92 Å². The number of nitro groups is 1. The lowest BCUT2D eigenvalue weighted by Gasteiger charge is -2.17. The van der Waals surface area contributed by atoms with Gasteiger partial charge in [-0.05, 0) is 6.07 Å². The maximum atomic E-state index is 10.9. The van der Waals surface area contributed by atoms with Gasteiger partial charge in [-0.2, -0.15) is 0 Å². The van der Waals surface area contributed by atoms with Crippen molar-refractivity contribution >= 4 is 17.3 Å². The Morgan fingerprint density at radius 2 is 2.32 bits per heavy atom. The minimum atomic E-state index is -0.433. The first-order valence-electron chi connectivity index (χ1n) is 5.66. The van der Waals surface area contributed by atoms with Crippen molar-refractivity contribution in [3.05, 3.63) is 46.4 Å². The lowest BCUT2D eigenvalue weighted by molar-refractivity contribution is -0.384. The summed E-state index contributed by atoms with van der Waals surface area (Å²) in [5.41, 5.74) is 0.982. The normalized spacial score (nSPS) is 10.2. The zero-order valence-electron chi connectivity index (χ0n) is 10.7. The lowest BCUT2D eigenvalue weighted by atomic mass is 10.3. The molecular weight excluding hydrogens is 248 g/mol. The number of nitrogens with one attached hydrogen (secondary N) is 1. The first kappa shape index (κ1) is 12.9. The summed E-state index contributed by atoms with van der Waals surface area (Å²) in [5, 5.41) is 13.7. The van der Waals surface area contributed by atoms with Gasteiger partial charge in [-0.1, -0.05) is 0 Å². The highest BCUT2D eigenvalue weighted by molar-refractivity contribution is 5.55. The number of furan rings is 1. The van der Waals surface area contributed by atoms with Crippen molar-refractivity contribution in [1.29, 1.82) is 0 Å². The van der Waals surface area contributed by atoms with Crippen LogP contribution in [0.5, 0.6) is 0 Å². The van der Waals surface area contributed by atoms with Crippen LogP contribution in [0.3, 0.4) is 0 Å². The van der Waals surface area contributed by atoms with Gasteiger partial charge in [0.05, 0.1) is 29.6 Å². The van der Waals surface area contributed by atoms with E-state index in [1.54, 1.807) is 19.6 Å². The highest BCUT2D eigenvalue weighted by Gasteiger charge is 2.13. The smallest absolute Gasteiger partial charge is 0.276 e. The summed E-state index contributed by atoms with van der Waals surface area (Å²) in [6, 6.07) is 4.68. The monoisotopic (exact) mass is 262 g/mol. The molecule has 7 heteroatoms. The molecule has 0 aliphatic carbocycles. The van der Waals surface area contributed by atoms with Gasteiger partial charge in [0.2, 0.25) is 0 Å². The molecule has 100 valence electrons. The number of nitrogens with zero attached hydrogens (tertiary/aromatic N) is 3. The fraction of sp³-hybridized carbons (Fsp3) is 0.250. The van der Waals surface area contributed by atoms with Crippen LogP contribution in [-0.4, -0.2) is 24.0 Å². The average molecular weight is 262 g/mol. The van der Waals surface area contributed by atoms with E-state index in [1.165, 1.54) is 12.1 Å². The van der Waals surface area contributed by atoms with Crippen LogP contribution in [0.1, 0.15) is 5.56 Å². The molecule has 0 aromatic carbocycles. The molecule has 0 radical (unpaired) electrons. The van der Waals surface area contributed by atoms with Gasteiger partial charge < -0.3 is 14.6 Å². The van der Waals surface area contributed by atoms with E-state index in [1.807, 2.05) is 18.0 Å². The van der Waals surface area contributed by atoms with Crippen molar-refractivity contribution < 1.29 is 9.34 Å². The van der Waals surface area contributed by atoms with Gasteiger partial charge in [0.15, 0.2) is 0 Å². The molecule has 0 amide bonds. The Hall–Kier alpha value is -2.57. The fourth-order valence-electron chi connectivity index (χ4n) is 1.67. The van der Waals surface area contributed by atoms with Crippen LogP contribution in [0.2, 0.25) is 0 Å². The highest BCUT2D eigenvalue weighted by atomic mass is 16.6. The van der Waals surface area contributed by atoms with Gasteiger partial charge in [0, 0.05) is 26.2 Å². The van der Waals surface area contributed by atoms with E-state index in [0.717, 1.165) is 5.56 Å². The molecule has 0 aliphatic heterocycles. The Morgan fingerprint density at radius 1 is 1.53 bits per heavy atom. The maximum Gasteiger partial charge on any atom is 0.276 e. The number of hydrogen-bond donors (Lipinski definition) is 1. The Morgan fingerprint density at radius 3 is 2.89 bits per heavy atom. The number of pyridine rings is 1. The molecule has 2 aromatic heterocycles. The first-order chi connectivity index (χ1) is 9.10. The molecule has 19 heavy (non-hydrogen) atoms. The van der Waals surface area contributed by atoms with E-state index in [4.69, 9.17) is 4.42 Å². The average Bonchev–Trinajstić information content (AvgIpc) is 2.90. The van der Waals surface area contributed by atoms with E-state index >= 15 is 0 Å². The van der Waals surface area contributed by atoms with Gasteiger partial charge in [0.25, 0.3) is 5.69 Å². The van der Waals surface area contributed by atoms with E-state index in [0.29, 0.717) is 18.2 Å². The van der Waals surface area contributed by atoms with E-state index in [2.05, 4.69) is 10.3 Å². The van der Waals surface area contributed by atoms with Crippen molar-refractivity contribution in [2.75, 3.05) is 24.3 Å². The van der Waals surface area contributed by atoms with Gasteiger partial charge >= 0.3 is 0 Å². The zero-order valence-corrected chi connectivity index (χ0v) is 10.7. The number of anilines is 2. The van der Waals surface area contributed by atoms with E-state index in [-0.39, 0.29) is 5.69 Å². The van der Waals surface area contributed by atoms with Crippen LogP contribution in [0.15, 0.2) is 35.1 Å². The van der Waals surface area contributed by atoms with Crippen molar-refractivity contribution in [3.63, 3.8) is 0 Å². The fourth-order valence-corrected chi connectivity index (χ4v) is 1.67. The van der Waals surface area contributed by atoms with Gasteiger partial charge in [0.1, 0.15) is 11.6 Å². The quantitative estimate of drug-likeness (QED) is 0.657. The molecule has 1 N–H and O–H groups in total. The second kappa shape index (κ2) is 5.38. The third-order valence-corrected chi connectivity index (χ3v) is 2.65. The number of aromatic nitrogens is 1. The molecular formula is C12H14N4O3. The molecule has 0 atom stereocenters. The molecule has 0 saturated carbocycles. The Labute approximate surface area is 110 Å². The molecule has 7 nitrogen and oxygen atoms in total. The number of rotatable bonds is 5. The third kappa shape index (κ3) is 3.01. The highest BCUT2D eigenvalue weighted by Crippen LogP contribution is 2.23. The van der Waals surface area contributed by atoms with Crippen molar-refractivity contribution in [2.24, 2.45) is 0 Å². The van der Waals surface area contributed by atoms with Gasteiger partial charge in [-0.3, -0.25) is 10.1 Å². The van der Waals surface area contributed by atoms with Crippen LogP contribution >= 0.6 is 0 Å². The molecule has 2 aromatic rings. The van der Waals surface area contributed by atoms with Crippen LogP contribution in [0, 0.1) is 10.1 Å². The molecule has 0 aliphatic rings. The first-order valence-corrected chi connectivity index (χ1v) is 5.66. The van der Waals surface area contributed by atoms with Crippen LogP contribution in [0.25, 0.3) is 0 Å². The van der Waals surface area contributed by atoms with Crippen LogP contribution in [-0.2, 0) is 6.54 Å². The second-order valence-corrected chi connectivity index (χ2v) is 4.06.